The number of nitrogens with zero attached hydrogens (tertiary/aromatic N) is 1. The minimum atomic E-state index is 0.128. The lowest BCUT2D eigenvalue weighted by atomic mass is 9.95. The van der Waals surface area contributed by atoms with Gasteiger partial charge in [-0.2, -0.15) is 0 Å². The Morgan fingerprint density at radius 3 is 2.68 bits per heavy atom. The Bertz CT molecular complexity index is 442. The van der Waals surface area contributed by atoms with Gasteiger partial charge in [0.25, 0.3) is 0 Å². The van der Waals surface area contributed by atoms with Crippen molar-refractivity contribution in [2.45, 2.75) is 51.2 Å². The molecule has 1 heterocycles. The molecule has 2 nitrogen and oxygen atoms in total. The van der Waals surface area contributed by atoms with Gasteiger partial charge in [-0.05, 0) is 49.8 Å². The third-order valence-electron chi connectivity index (χ3n) is 4.76. The molecule has 0 radical (unpaired) electrons. The summed E-state index contributed by atoms with van der Waals surface area (Å²) < 4.78 is 1.05. The number of halogens is 1. The van der Waals surface area contributed by atoms with Crippen molar-refractivity contribution in [3.63, 3.8) is 0 Å². The van der Waals surface area contributed by atoms with Crippen LogP contribution in [0.2, 0.25) is 0 Å². The third kappa shape index (κ3) is 2.68. The summed E-state index contributed by atoms with van der Waals surface area (Å²) in [6.07, 6.45) is 8.22. The van der Waals surface area contributed by atoms with Crippen molar-refractivity contribution in [3.8, 4) is 0 Å². The van der Waals surface area contributed by atoms with Crippen molar-refractivity contribution in [1.82, 2.24) is 0 Å². The average Bonchev–Trinajstić information content (AvgIpc) is 3.08. The average molecular weight is 324 g/mol. The number of benzene rings is 1. The Labute approximate surface area is 123 Å². The Balaban J connectivity index is 1.87. The first-order chi connectivity index (χ1) is 9.29. The van der Waals surface area contributed by atoms with Gasteiger partial charge in [-0.3, -0.25) is 0 Å². The largest absolute Gasteiger partial charge is 0.392 e. The normalized spacial score (nSPS) is 24.3. The molecule has 1 aromatic rings. The fourth-order valence-corrected chi connectivity index (χ4v) is 4.29. The SMILES string of the molecule is OCc1cc(Br)ccc1N1CCCC1C1CCCC1. The lowest BCUT2D eigenvalue weighted by Crippen LogP contribution is -2.35. The topological polar surface area (TPSA) is 23.5 Å². The van der Waals surface area contributed by atoms with Crippen LogP contribution in [0, 0.1) is 5.92 Å². The van der Waals surface area contributed by atoms with Gasteiger partial charge in [-0.25, -0.2) is 0 Å². The van der Waals surface area contributed by atoms with Crippen LogP contribution in [0.25, 0.3) is 0 Å². The molecule has 1 saturated heterocycles. The molecule has 1 saturated carbocycles. The van der Waals surface area contributed by atoms with Gasteiger partial charge < -0.3 is 10.0 Å². The van der Waals surface area contributed by atoms with Crippen molar-refractivity contribution >= 4 is 21.6 Å². The molecule has 1 aliphatic carbocycles. The van der Waals surface area contributed by atoms with Gasteiger partial charge in [-0.15, -0.1) is 0 Å². The van der Waals surface area contributed by atoms with Crippen LogP contribution in [0.1, 0.15) is 44.1 Å². The minimum absolute atomic E-state index is 0.128. The molecule has 2 aliphatic rings. The van der Waals surface area contributed by atoms with Crippen LogP contribution in [-0.2, 0) is 6.61 Å². The highest BCUT2D eigenvalue weighted by Gasteiger charge is 2.34. The van der Waals surface area contributed by atoms with Crippen LogP contribution in [-0.4, -0.2) is 17.7 Å². The van der Waals surface area contributed by atoms with E-state index in [9.17, 15) is 5.11 Å². The maximum Gasteiger partial charge on any atom is 0.0702 e. The molecule has 1 aliphatic heterocycles. The molecule has 1 unspecified atom stereocenters. The highest BCUT2D eigenvalue weighted by molar-refractivity contribution is 9.10. The minimum Gasteiger partial charge on any atom is -0.392 e. The van der Waals surface area contributed by atoms with Crippen molar-refractivity contribution in [1.29, 1.82) is 0 Å². The van der Waals surface area contributed by atoms with Gasteiger partial charge in [-0.1, -0.05) is 28.8 Å². The molecule has 2 fully saturated rings. The van der Waals surface area contributed by atoms with E-state index < -0.39 is 0 Å². The Morgan fingerprint density at radius 2 is 1.95 bits per heavy atom. The molecule has 0 spiro atoms. The second kappa shape index (κ2) is 5.84. The quantitative estimate of drug-likeness (QED) is 0.905. The molecule has 19 heavy (non-hydrogen) atoms. The van der Waals surface area contributed by atoms with Crippen molar-refractivity contribution in [2.75, 3.05) is 11.4 Å². The van der Waals surface area contributed by atoms with E-state index in [1.807, 2.05) is 0 Å². The molecule has 3 heteroatoms. The first-order valence-electron chi connectivity index (χ1n) is 7.45. The predicted molar refractivity (Wildman–Crippen MR) is 82.4 cm³/mol. The van der Waals surface area contributed by atoms with Crippen LogP contribution in [0.5, 0.6) is 0 Å². The molecule has 0 aromatic heterocycles. The van der Waals surface area contributed by atoms with Gasteiger partial charge in [0.1, 0.15) is 0 Å². The number of hydrogen-bond acceptors (Lipinski definition) is 2. The molecule has 0 bridgehead atoms. The lowest BCUT2D eigenvalue weighted by Gasteiger charge is -2.32. The molecular weight excluding hydrogens is 302 g/mol. The van der Waals surface area contributed by atoms with Gasteiger partial charge in [0, 0.05) is 28.3 Å². The van der Waals surface area contributed by atoms with Crippen LogP contribution >= 0.6 is 15.9 Å². The monoisotopic (exact) mass is 323 g/mol. The van der Waals surface area contributed by atoms with E-state index in [-0.39, 0.29) is 6.61 Å². The second-order valence-electron chi connectivity index (χ2n) is 5.88. The van der Waals surface area contributed by atoms with Crippen molar-refractivity contribution in [2.24, 2.45) is 5.92 Å². The zero-order chi connectivity index (χ0) is 13.2. The van der Waals surface area contributed by atoms with Crippen LogP contribution in [0.15, 0.2) is 22.7 Å². The highest BCUT2D eigenvalue weighted by Crippen LogP contribution is 2.39. The molecule has 1 N–H and O–H groups in total. The number of rotatable bonds is 3. The van der Waals surface area contributed by atoms with E-state index >= 15 is 0 Å². The summed E-state index contributed by atoms with van der Waals surface area (Å²) in [5.41, 5.74) is 2.30. The number of hydrogen-bond donors (Lipinski definition) is 1. The van der Waals surface area contributed by atoms with Gasteiger partial charge in [0.05, 0.1) is 6.61 Å². The molecule has 3 rings (SSSR count). The Morgan fingerprint density at radius 1 is 1.16 bits per heavy atom. The number of anilines is 1. The fourth-order valence-electron chi connectivity index (χ4n) is 3.88. The van der Waals surface area contributed by atoms with E-state index in [0.717, 1.165) is 22.5 Å². The highest BCUT2D eigenvalue weighted by atomic mass is 79.9. The lowest BCUT2D eigenvalue weighted by molar-refractivity contribution is 0.281. The summed E-state index contributed by atoms with van der Waals surface area (Å²) in [6, 6.07) is 7.02. The van der Waals surface area contributed by atoms with Crippen LogP contribution < -0.4 is 4.90 Å². The van der Waals surface area contributed by atoms with Gasteiger partial charge >= 0.3 is 0 Å². The molecule has 104 valence electrons. The van der Waals surface area contributed by atoms with Crippen LogP contribution in [0.3, 0.4) is 0 Å². The first-order valence-corrected chi connectivity index (χ1v) is 8.25. The van der Waals surface area contributed by atoms with Gasteiger partial charge in [0.15, 0.2) is 0 Å². The third-order valence-corrected chi connectivity index (χ3v) is 5.26. The van der Waals surface area contributed by atoms with Crippen molar-refractivity contribution < 1.29 is 5.11 Å². The molecule has 1 aromatic carbocycles. The zero-order valence-electron chi connectivity index (χ0n) is 11.3. The maximum atomic E-state index is 9.61. The van der Waals surface area contributed by atoms with E-state index in [2.05, 4.69) is 39.0 Å². The Kier molecular flexibility index (Phi) is 4.13. The molecule has 0 amide bonds. The summed E-state index contributed by atoms with van der Waals surface area (Å²) >= 11 is 3.50. The standard InChI is InChI=1S/C16H22BrNO/c17-14-7-8-16(13(10-14)11-19)18-9-3-6-15(18)12-4-1-2-5-12/h7-8,10,12,15,19H,1-6,9,11H2. The summed E-state index contributed by atoms with van der Waals surface area (Å²) in [4.78, 5) is 2.56. The number of aliphatic hydroxyl groups excluding tert-OH is 1. The smallest absolute Gasteiger partial charge is 0.0702 e. The molecular formula is C16H22BrNO. The van der Waals surface area contributed by atoms with E-state index in [0.29, 0.717) is 6.04 Å². The van der Waals surface area contributed by atoms with Crippen molar-refractivity contribution in [3.05, 3.63) is 28.2 Å². The summed E-state index contributed by atoms with van der Waals surface area (Å²) in [5, 5.41) is 9.61. The van der Waals surface area contributed by atoms with E-state index in [1.54, 1.807) is 0 Å². The van der Waals surface area contributed by atoms with E-state index in [1.165, 1.54) is 44.2 Å². The fraction of sp³-hybridized carbons (Fsp3) is 0.625. The first kappa shape index (κ1) is 13.4. The summed E-state index contributed by atoms with van der Waals surface area (Å²) in [5.74, 6) is 0.873. The molecule has 1 atom stereocenters. The Hall–Kier alpha value is -0.540. The van der Waals surface area contributed by atoms with Gasteiger partial charge in [0.2, 0.25) is 0 Å². The summed E-state index contributed by atoms with van der Waals surface area (Å²) in [6.45, 7) is 1.28. The van der Waals surface area contributed by atoms with E-state index in [4.69, 9.17) is 0 Å². The number of aliphatic hydroxyl groups is 1. The zero-order valence-corrected chi connectivity index (χ0v) is 12.9. The maximum absolute atomic E-state index is 9.61. The second-order valence-corrected chi connectivity index (χ2v) is 6.79. The van der Waals surface area contributed by atoms with Crippen LogP contribution in [0.4, 0.5) is 5.69 Å². The summed E-state index contributed by atoms with van der Waals surface area (Å²) in [7, 11) is 0. The predicted octanol–water partition coefficient (Wildman–Crippen LogP) is 4.10.